The molecular formula is C28H25NO2. The molecule has 3 nitrogen and oxygen atoms in total. The lowest BCUT2D eigenvalue weighted by molar-refractivity contribution is 0.00710. The zero-order valence-corrected chi connectivity index (χ0v) is 18.0. The van der Waals surface area contributed by atoms with E-state index >= 15 is 0 Å². The third-order valence-corrected chi connectivity index (χ3v) is 4.82. The number of rotatable bonds is 4. The van der Waals surface area contributed by atoms with E-state index in [1.165, 1.54) is 0 Å². The van der Waals surface area contributed by atoms with Crippen LogP contribution in [-0.2, 0) is 4.74 Å². The predicted octanol–water partition coefficient (Wildman–Crippen LogP) is 7.04. The largest absolute Gasteiger partial charge is 0.456 e. The van der Waals surface area contributed by atoms with Crippen LogP contribution in [0.15, 0.2) is 97.1 Å². The minimum atomic E-state index is -0.614. The van der Waals surface area contributed by atoms with Gasteiger partial charge in [0.2, 0.25) is 0 Å². The van der Waals surface area contributed by atoms with Gasteiger partial charge >= 0.3 is 5.97 Å². The Morgan fingerprint density at radius 2 is 1.19 bits per heavy atom. The maximum atomic E-state index is 13.4. The Morgan fingerprint density at radius 1 is 0.710 bits per heavy atom. The van der Waals surface area contributed by atoms with Gasteiger partial charge in [-0.25, -0.2) is 9.78 Å². The molecule has 0 amide bonds. The molecule has 0 fully saturated rings. The van der Waals surface area contributed by atoms with Crippen molar-refractivity contribution >= 4 is 5.97 Å². The van der Waals surface area contributed by atoms with Crippen LogP contribution in [-0.4, -0.2) is 16.6 Å². The van der Waals surface area contributed by atoms with Crippen molar-refractivity contribution in [2.24, 2.45) is 0 Å². The van der Waals surface area contributed by atoms with Gasteiger partial charge in [0.1, 0.15) is 5.60 Å². The van der Waals surface area contributed by atoms with Crippen LogP contribution >= 0.6 is 0 Å². The Kier molecular flexibility index (Phi) is 5.68. The molecule has 1 heterocycles. The summed E-state index contributed by atoms with van der Waals surface area (Å²) in [6, 6.07) is 31.7. The van der Waals surface area contributed by atoms with Gasteiger partial charge in [-0.15, -0.1) is 0 Å². The van der Waals surface area contributed by atoms with Crippen molar-refractivity contribution in [1.29, 1.82) is 0 Å². The van der Waals surface area contributed by atoms with Crippen molar-refractivity contribution in [3.05, 3.63) is 103 Å². The van der Waals surface area contributed by atoms with Gasteiger partial charge in [0.15, 0.2) is 0 Å². The van der Waals surface area contributed by atoms with E-state index in [1.54, 1.807) is 0 Å². The van der Waals surface area contributed by atoms with Crippen LogP contribution < -0.4 is 0 Å². The van der Waals surface area contributed by atoms with Crippen LogP contribution in [0.5, 0.6) is 0 Å². The lowest BCUT2D eigenvalue weighted by atomic mass is 9.93. The monoisotopic (exact) mass is 407 g/mol. The summed E-state index contributed by atoms with van der Waals surface area (Å²) in [4.78, 5) is 18.4. The number of benzene rings is 3. The second kappa shape index (κ2) is 8.57. The van der Waals surface area contributed by atoms with E-state index in [2.05, 4.69) is 0 Å². The van der Waals surface area contributed by atoms with Gasteiger partial charge in [0.05, 0.1) is 17.0 Å². The fourth-order valence-corrected chi connectivity index (χ4v) is 3.49. The van der Waals surface area contributed by atoms with Gasteiger partial charge in [-0.1, -0.05) is 91.0 Å². The molecule has 31 heavy (non-hydrogen) atoms. The normalized spacial score (nSPS) is 11.2. The van der Waals surface area contributed by atoms with Crippen molar-refractivity contribution in [3.8, 4) is 33.6 Å². The summed E-state index contributed by atoms with van der Waals surface area (Å²) < 4.78 is 5.81. The van der Waals surface area contributed by atoms with E-state index in [9.17, 15) is 4.79 Å². The summed E-state index contributed by atoms with van der Waals surface area (Å²) in [6.45, 7) is 5.63. The molecule has 154 valence electrons. The minimum Gasteiger partial charge on any atom is -0.456 e. The molecule has 0 unspecified atom stereocenters. The third-order valence-electron chi connectivity index (χ3n) is 4.82. The highest BCUT2D eigenvalue weighted by Crippen LogP contribution is 2.36. The molecular weight excluding hydrogens is 382 g/mol. The number of nitrogens with zero attached hydrogens (tertiary/aromatic N) is 1. The maximum absolute atomic E-state index is 13.4. The fraction of sp³-hybridized carbons (Fsp3) is 0.143. The molecule has 1 aromatic heterocycles. The summed E-state index contributed by atoms with van der Waals surface area (Å²) >= 11 is 0. The molecule has 0 N–H and O–H groups in total. The minimum absolute atomic E-state index is 0.377. The standard InChI is InChI=1S/C28H25NO2/c1-28(2,3)31-27(30)25-23(20-13-7-4-8-14-20)19-24(21-15-9-5-10-16-21)29-26(25)22-17-11-6-12-18-22/h4-19H,1-3H3. The first-order valence-electron chi connectivity index (χ1n) is 10.4. The summed E-state index contributed by atoms with van der Waals surface area (Å²) in [5, 5.41) is 0. The average Bonchev–Trinajstić information content (AvgIpc) is 2.79. The van der Waals surface area contributed by atoms with E-state index in [0.29, 0.717) is 11.3 Å². The highest BCUT2D eigenvalue weighted by Gasteiger charge is 2.26. The quantitative estimate of drug-likeness (QED) is 0.341. The van der Waals surface area contributed by atoms with Crippen molar-refractivity contribution in [3.63, 3.8) is 0 Å². The first-order valence-corrected chi connectivity index (χ1v) is 10.4. The first-order chi connectivity index (χ1) is 14.9. The molecule has 0 aliphatic heterocycles. The van der Waals surface area contributed by atoms with Crippen molar-refractivity contribution in [1.82, 2.24) is 4.98 Å². The Morgan fingerprint density at radius 3 is 1.71 bits per heavy atom. The van der Waals surface area contributed by atoms with E-state index in [1.807, 2.05) is 118 Å². The average molecular weight is 408 g/mol. The van der Waals surface area contributed by atoms with Crippen LogP contribution in [0.2, 0.25) is 0 Å². The zero-order valence-electron chi connectivity index (χ0n) is 18.0. The predicted molar refractivity (Wildman–Crippen MR) is 126 cm³/mol. The summed E-state index contributed by atoms with van der Waals surface area (Å²) in [7, 11) is 0. The van der Waals surface area contributed by atoms with E-state index in [-0.39, 0.29) is 5.97 Å². The molecule has 0 radical (unpaired) electrons. The van der Waals surface area contributed by atoms with Crippen molar-refractivity contribution in [2.75, 3.05) is 0 Å². The van der Waals surface area contributed by atoms with E-state index in [4.69, 9.17) is 9.72 Å². The Balaban J connectivity index is 2.04. The van der Waals surface area contributed by atoms with Crippen LogP contribution in [0.4, 0.5) is 0 Å². The maximum Gasteiger partial charge on any atom is 0.341 e. The number of esters is 1. The van der Waals surface area contributed by atoms with Gasteiger partial charge in [-0.05, 0) is 32.4 Å². The zero-order chi connectivity index (χ0) is 21.8. The molecule has 0 spiro atoms. The first kappa shape index (κ1) is 20.5. The highest BCUT2D eigenvalue weighted by molar-refractivity contribution is 6.04. The molecule has 0 saturated carbocycles. The number of hydrogen-bond acceptors (Lipinski definition) is 3. The topological polar surface area (TPSA) is 39.2 Å². The number of carbonyl (C=O) groups excluding carboxylic acids is 1. The molecule has 0 atom stereocenters. The molecule has 0 aliphatic carbocycles. The molecule has 3 aromatic carbocycles. The molecule has 3 heteroatoms. The molecule has 4 rings (SSSR count). The summed E-state index contributed by atoms with van der Waals surface area (Å²) in [5.41, 5.74) is 4.91. The summed E-state index contributed by atoms with van der Waals surface area (Å²) in [5.74, 6) is -0.377. The second-order valence-corrected chi connectivity index (χ2v) is 8.38. The lowest BCUT2D eigenvalue weighted by Gasteiger charge is -2.22. The van der Waals surface area contributed by atoms with Gasteiger partial charge in [-0.3, -0.25) is 0 Å². The van der Waals surface area contributed by atoms with Crippen LogP contribution in [0.25, 0.3) is 33.6 Å². The SMILES string of the molecule is CC(C)(C)OC(=O)c1c(-c2ccccc2)cc(-c2ccccc2)nc1-c1ccccc1. The van der Waals surface area contributed by atoms with Gasteiger partial charge in [0, 0.05) is 16.7 Å². The fourth-order valence-electron chi connectivity index (χ4n) is 3.49. The molecule has 4 aromatic rings. The number of carbonyl (C=O) groups is 1. The number of pyridine rings is 1. The van der Waals surface area contributed by atoms with Crippen molar-refractivity contribution < 1.29 is 9.53 Å². The summed E-state index contributed by atoms with van der Waals surface area (Å²) in [6.07, 6.45) is 0. The van der Waals surface area contributed by atoms with E-state index in [0.717, 1.165) is 27.9 Å². The Bertz CT molecular complexity index is 1120. The van der Waals surface area contributed by atoms with Crippen LogP contribution in [0, 0.1) is 0 Å². The van der Waals surface area contributed by atoms with Gasteiger partial charge in [-0.2, -0.15) is 0 Å². The Labute approximate surface area is 183 Å². The van der Waals surface area contributed by atoms with Crippen LogP contribution in [0.3, 0.4) is 0 Å². The van der Waals surface area contributed by atoms with Crippen molar-refractivity contribution in [2.45, 2.75) is 26.4 Å². The highest BCUT2D eigenvalue weighted by atomic mass is 16.6. The van der Waals surface area contributed by atoms with E-state index < -0.39 is 5.60 Å². The molecule has 0 saturated heterocycles. The smallest absolute Gasteiger partial charge is 0.341 e. The third kappa shape index (κ3) is 4.72. The molecule has 0 aliphatic rings. The number of ether oxygens (including phenoxy) is 1. The lowest BCUT2D eigenvalue weighted by Crippen LogP contribution is -2.25. The Hall–Kier alpha value is -3.72. The van der Waals surface area contributed by atoms with Crippen LogP contribution in [0.1, 0.15) is 31.1 Å². The number of aromatic nitrogens is 1. The van der Waals surface area contributed by atoms with Gasteiger partial charge in [0.25, 0.3) is 0 Å². The second-order valence-electron chi connectivity index (χ2n) is 8.38. The molecule has 0 bridgehead atoms. The number of hydrogen-bond donors (Lipinski definition) is 0. The van der Waals surface area contributed by atoms with Gasteiger partial charge < -0.3 is 4.74 Å².